The summed E-state index contributed by atoms with van der Waals surface area (Å²) in [5, 5.41) is 3.45. The second kappa shape index (κ2) is 5.75. The number of nitrogens with one attached hydrogen (secondary N) is 1. The zero-order valence-corrected chi connectivity index (χ0v) is 11.2. The van der Waals surface area contributed by atoms with E-state index in [1.807, 2.05) is 0 Å². The van der Waals surface area contributed by atoms with E-state index < -0.39 is 0 Å². The summed E-state index contributed by atoms with van der Waals surface area (Å²) in [5.41, 5.74) is 2.98. The van der Waals surface area contributed by atoms with Crippen molar-refractivity contribution >= 4 is 5.69 Å². The van der Waals surface area contributed by atoms with Crippen LogP contribution in [-0.2, 0) is 6.42 Å². The molecule has 2 saturated heterocycles. The summed E-state index contributed by atoms with van der Waals surface area (Å²) in [6, 6.07) is 9.25. The predicted octanol–water partition coefficient (Wildman–Crippen LogP) is 2.83. The highest BCUT2D eigenvalue weighted by molar-refractivity contribution is 5.49. The Bertz CT molecular complexity index is 376. The van der Waals surface area contributed by atoms with E-state index in [1.54, 1.807) is 0 Å². The average Bonchev–Trinajstić information content (AvgIpc) is 2.94. The molecule has 0 aromatic heterocycles. The molecule has 0 spiro atoms. The molecule has 0 saturated carbocycles. The zero-order valence-electron chi connectivity index (χ0n) is 11.2. The van der Waals surface area contributed by atoms with Gasteiger partial charge >= 0.3 is 0 Å². The number of hydrogen-bond acceptors (Lipinski definition) is 2. The van der Waals surface area contributed by atoms with Gasteiger partial charge in [0.15, 0.2) is 0 Å². The molecule has 0 aliphatic carbocycles. The monoisotopic (exact) mass is 244 g/mol. The van der Waals surface area contributed by atoms with Crippen LogP contribution in [0.2, 0.25) is 0 Å². The maximum absolute atomic E-state index is 3.45. The Morgan fingerprint density at radius 3 is 2.67 bits per heavy atom. The van der Waals surface area contributed by atoms with E-state index in [1.165, 1.54) is 69.5 Å². The van der Waals surface area contributed by atoms with Gasteiger partial charge in [0.1, 0.15) is 0 Å². The van der Waals surface area contributed by atoms with Crippen molar-refractivity contribution in [2.45, 2.75) is 32.1 Å². The van der Waals surface area contributed by atoms with Crippen LogP contribution in [0.1, 0.15) is 31.2 Å². The van der Waals surface area contributed by atoms with Crippen LogP contribution in [-0.4, -0.2) is 26.2 Å². The van der Waals surface area contributed by atoms with Crippen LogP contribution in [0, 0.1) is 5.92 Å². The number of anilines is 1. The quantitative estimate of drug-likeness (QED) is 0.879. The smallest absolute Gasteiger partial charge is 0.0368 e. The standard InChI is InChI=1S/C16H24N2/c1-2-11-18(10-1)16-5-3-4-15(13-16)12-14-6-8-17-9-7-14/h3-5,13-14,17H,1-2,6-12H2. The van der Waals surface area contributed by atoms with E-state index >= 15 is 0 Å². The molecule has 0 amide bonds. The van der Waals surface area contributed by atoms with E-state index in [0.29, 0.717) is 0 Å². The second-order valence-electron chi connectivity index (χ2n) is 5.76. The van der Waals surface area contributed by atoms with E-state index in [0.717, 1.165) is 5.92 Å². The fourth-order valence-corrected chi connectivity index (χ4v) is 3.27. The van der Waals surface area contributed by atoms with Gasteiger partial charge in [-0.15, -0.1) is 0 Å². The first kappa shape index (κ1) is 12.0. The lowest BCUT2D eigenvalue weighted by Gasteiger charge is -2.23. The van der Waals surface area contributed by atoms with Gasteiger partial charge in [-0.3, -0.25) is 0 Å². The summed E-state index contributed by atoms with van der Waals surface area (Å²) in [5.74, 6) is 0.889. The van der Waals surface area contributed by atoms with Gasteiger partial charge in [-0.05, 0) is 68.8 Å². The Hall–Kier alpha value is -1.02. The lowest BCUT2D eigenvalue weighted by molar-refractivity contribution is 0.372. The summed E-state index contributed by atoms with van der Waals surface area (Å²) in [6.07, 6.45) is 6.67. The Morgan fingerprint density at radius 2 is 1.89 bits per heavy atom. The molecule has 1 aromatic rings. The normalized spacial score (nSPS) is 21.4. The minimum Gasteiger partial charge on any atom is -0.372 e. The van der Waals surface area contributed by atoms with E-state index in [-0.39, 0.29) is 0 Å². The van der Waals surface area contributed by atoms with Gasteiger partial charge in [-0.25, -0.2) is 0 Å². The van der Waals surface area contributed by atoms with Gasteiger partial charge in [0.2, 0.25) is 0 Å². The average molecular weight is 244 g/mol. The fourth-order valence-electron chi connectivity index (χ4n) is 3.27. The molecule has 1 N–H and O–H groups in total. The van der Waals surface area contributed by atoms with Crippen LogP contribution >= 0.6 is 0 Å². The number of piperidine rings is 1. The van der Waals surface area contributed by atoms with Crippen LogP contribution < -0.4 is 10.2 Å². The van der Waals surface area contributed by atoms with Gasteiger partial charge in [-0.2, -0.15) is 0 Å². The zero-order chi connectivity index (χ0) is 12.2. The van der Waals surface area contributed by atoms with Crippen LogP contribution in [0.15, 0.2) is 24.3 Å². The number of rotatable bonds is 3. The first-order chi connectivity index (χ1) is 8.92. The summed E-state index contributed by atoms with van der Waals surface area (Å²) in [6.45, 7) is 4.90. The summed E-state index contributed by atoms with van der Waals surface area (Å²) in [4.78, 5) is 2.53. The first-order valence-corrected chi connectivity index (χ1v) is 7.46. The van der Waals surface area contributed by atoms with E-state index in [4.69, 9.17) is 0 Å². The van der Waals surface area contributed by atoms with Crippen molar-refractivity contribution in [3.63, 3.8) is 0 Å². The Balaban J connectivity index is 1.66. The van der Waals surface area contributed by atoms with E-state index in [2.05, 4.69) is 34.5 Å². The third-order valence-electron chi connectivity index (χ3n) is 4.36. The lowest BCUT2D eigenvalue weighted by atomic mass is 9.91. The van der Waals surface area contributed by atoms with Crippen molar-refractivity contribution in [3.8, 4) is 0 Å². The molecule has 2 aliphatic rings. The SMILES string of the molecule is c1cc(CC2CCNCC2)cc(N2CCCC2)c1. The summed E-state index contributed by atoms with van der Waals surface area (Å²) < 4.78 is 0. The maximum atomic E-state index is 3.45. The molecule has 2 heteroatoms. The van der Waals surface area contributed by atoms with Crippen LogP contribution in [0.4, 0.5) is 5.69 Å². The molecule has 2 heterocycles. The van der Waals surface area contributed by atoms with Crippen LogP contribution in [0.3, 0.4) is 0 Å². The Kier molecular flexibility index (Phi) is 3.84. The second-order valence-corrected chi connectivity index (χ2v) is 5.76. The van der Waals surface area contributed by atoms with Crippen LogP contribution in [0.25, 0.3) is 0 Å². The van der Waals surface area contributed by atoms with Gasteiger partial charge in [-0.1, -0.05) is 12.1 Å². The molecule has 2 fully saturated rings. The van der Waals surface area contributed by atoms with Gasteiger partial charge in [0.05, 0.1) is 0 Å². The minimum absolute atomic E-state index is 0.889. The van der Waals surface area contributed by atoms with Gasteiger partial charge < -0.3 is 10.2 Å². The van der Waals surface area contributed by atoms with Crippen LogP contribution in [0.5, 0.6) is 0 Å². The predicted molar refractivity (Wildman–Crippen MR) is 77.2 cm³/mol. The highest BCUT2D eigenvalue weighted by atomic mass is 15.1. The van der Waals surface area contributed by atoms with Crippen molar-refractivity contribution in [3.05, 3.63) is 29.8 Å². The third kappa shape index (κ3) is 2.86. The Labute approximate surface area is 110 Å². The highest BCUT2D eigenvalue weighted by Crippen LogP contribution is 2.24. The highest BCUT2D eigenvalue weighted by Gasteiger charge is 2.15. The third-order valence-corrected chi connectivity index (χ3v) is 4.36. The molecule has 2 aliphatic heterocycles. The van der Waals surface area contributed by atoms with Crippen molar-refractivity contribution < 1.29 is 0 Å². The molecule has 3 rings (SSSR count). The molecule has 0 radical (unpaired) electrons. The van der Waals surface area contributed by atoms with Crippen molar-refractivity contribution in [1.29, 1.82) is 0 Å². The topological polar surface area (TPSA) is 15.3 Å². The fraction of sp³-hybridized carbons (Fsp3) is 0.625. The molecule has 1 aromatic carbocycles. The largest absolute Gasteiger partial charge is 0.372 e. The minimum atomic E-state index is 0.889. The summed E-state index contributed by atoms with van der Waals surface area (Å²) >= 11 is 0. The number of benzene rings is 1. The van der Waals surface area contributed by atoms with E-state index in [9.17, 15) is 0 Å². The molecule has 0 atom stereocenters. The number of nitrogens with zero attached hydrogens (tertiary/aromatic N) is 1. The van der Waals surface area contributed by atoms with Crippen molar-refractivity contribution in [1.82, 2.24) is 5.32 Å². The molecular weight excluding hydrogens is 220 g/mol. The summed E-state index contributed by atoms with van der Waals surface area (Å²) in [7, 11) is 0. The molecule has 2 nitrogen and oxygen atoms in total. The maximum Gasteiger partial charge on any atom is 0.0368 e. The van der Waals surface area contributed by atoms with Crippen molar-refractivity contribution in [2.24, 2.45) is 5.92 Å². The molecule has 0 bridgehead atoms. The first-order valence-electron chi connectivity index (χ1n) is 7.46. The lowest BCUT2D eigenvalue weighted by Crippen LogP contribution is -2.28. The molecule has 0 unspecified atom stereocenters. The number of hydrogen-bond donors (Lipinski definition) is 1. The molecule has 18 heavy (non-hydrogen) atoms. The van der Waals surface area contributed by atoms with Gasteiger partial charge in [0, 0.05) is 18.8 Å². The molecular formula is C16H24N2. The van der Waals surface area contributed by atoms with Crippen molar-refractivity contribution in [2.75, 3.05) is 31.1 Å². The van der Waals surface area contributed by atoms with Gasteiger partial charge in [0.25, 0.3) is 0 Å². The molecule has 98 valence electrons. The Morgan fingerprint density at radius 1 is 1.11 bits per heavy atom.